The molecule has 0 aliphatic carbocycles. The molecule has 19 heavy (non-hydrogen) atoms. The first kappa shape index (κ1) is 14.2. The first-order valence-electron chi connectivity index (χ1n) is 5.22. The van der Waals surface area contributed by atoms with E-state index in [1.807, 2.05) is 0 Å². The molecule has 0 radical (unpaired) electrons. The van der Waals surface area contributed by atoms with Gasteiger partial charge in [-0.15, -0.1) is 0 Å². The highest BCUT2D eigenvalue weighted by Gasteiger charge is 2.15. The molecule has 0 unspecified atom stereocenters. The van der Waals surface area contributed by atoms with Crippen molar-refractivity contribution in [2.24, 2.45) is 0 Å². The molecule has 0 bridgehead atoms. The molecule has 2 aromatic rings. The Morgan fingerprint density at radius 1 is 1.11 bits per heavy atom. The van der Waals surface area contributed by atoms with Gasteiger partial charge in [-0.05, 0) is 42.5 Å². The Kier molecular flexibility index (Phi) is 4.03. The number of halogens is 2. The highest BCUT2D eigenvalue weighted by atomic mass is 79.9. The second-order valence-electron chi connectivity index (χ2n) is 3.80. The third-order valence-corrected chi connectivity index (χ3v) is 4.58. The van der Waals surface area contributed by atoms with Crippen LogP contribution >= 0.6 is 27.5 Å². The zero-order valence-electron chi connectivity index (χ0n) is 9.60. The molecule has 0 saturated carbocycles. The molecular weight excluding hydrogens is 352 g/mol. The number of nitrogens with two attached hydrogens (primary N) is 1. The van der Waals surface area contributed by atoms with Crippen LogP contribution in [0.5, 0.6) is 0 Å². The maximum atomic E-state index is 12.1. The van der Waals surface area contributed by atoms with E-state index in [-0.39, 0.29) is 9.92 Å². The quantitative estimate of drug-likeness (QED) is 0.822. The Labute approximate surface area is 124 Å². The molecule has 3 N–H and O–H groups in total. The van der Waals surface area contributed by atoms with Gasteiger partial charge in [-0.3, -0.25) is 4.72 Å². The molecule has 0 aliphatic heterocycles. The Morgan fingerprint density at radius 2 is 1.74 bits per heavy atom. The summed E-state index contributed by atoms with van der Waals surface area (Å²) >= 11 is 9.18. The van der Waals surface area contributed by atoms with E-state index in [1.165, 1.54) is 24.3 Å². The number of hydrogen-bond acceptors (Lipinski definition) is 3. The molecule has 0 aliphatic rings. The lowest BCUT2D eigenvalue weighted by molar-refractivity contribution is 0.601. The first-order chi connectivity index (χ1) is 8.88. The monoisotopic (exact) mass is 360 g/mol. The summed E-state index contributed by atoms with van der Waals surface area (Å²) in [7, 11) is -3.66. The summed E-state index contributed by atoms with van der Waals surface area (Å²) in [6.45, 7) is 0. The molecule has 0 saturated heterocycles. The average molecular weight is 362 g/mol. The smallest absolute Gasteiger partial charge is 0.261 e. The van der Waals surface area contributed by atoms with Gasteiger partial charge in [-0.2, -0.15) is 0 Å². The zero-order chi connectivity index (χ0) is 14.0. The van der Waals surface area contributed by atoms with Crippen LogP contribution in [-0.4, -0.2) is 8.42 Å². The van der Waals surface area contributed by atoms with E-state index < -0.39 is 10.0 Å². The highest BCUT2D eigenvalue weighted by Crippen LogP contribution is 2.26. The topological polar surface area (TPSA) is 72.2 Å². The van der Waals surface area contributed by atoms with Crippen LogP contribution in [0, 0.1) is 0 Å². The molecule has 0 amide bonds. The van der Waals surface area contributed by atoms with Crippen molar-refractivity contribution in [3.63, 3.8) is 0 Å². The molecule has 100 valence electrons. The number of rotatable bonds is 3. The summed E-state index contributed by atoms with van der Waals surface area (Å²) < 4.78 is 27.5. The van der Waals surface area contributed by atoms with E-state index in [9.17, 15) is 8.42 Å². The molecule has 0 atom stereocenters. The minimum Gasteiger partial charge on any atom is -0.399 e. The van der Waals surface area contributed by atoms with Crippen molar-refractivity contribution in [3.05, 3.63) is 52.0 Å². The van der Waals surface area contributed by atoms with Crippen molar-refractivity contribution in [2.45, 2.75) is 4.90 Å². The number of sulfonamides is 1. The lowest BCUT2D eigenvalue weighted by atomic mass is 10.3. The van der Waals surface area contributed by atoms with Crippen molar-refractivity contribution in [3.8, 4) is 0 Å². The maximum absolute atomic E-state index is 12.1. The van der Waals surface area contributed by atoms with Gasteiger partial charge in [0, 0.05) is 10.2 Å². The lowest BCUT2D eigenvalue weighted by Gasteiger charge is -2.10. The van der Waals surface area contributed by atoms with Gasteiger partial charge in [0.1, 0.15) is 0 Å². The molecule has 7 heteroatoms. The Balaban J connectivity index is 2.33. The van der Waals surface area contributed by atoms with Gasteiger partial charge in [-0.1, -0.05) is 27.5 Å². The molecule has 0 heterocycles. The number of anilines is 2. The minimum atomic E-state index is -3.66. The zero-order valence-corrected chi connectivity index (χ0v) is 12.8. The fraction of sp³-hybridized carbons (Fsp3) is 0. The molecular formula is C12H10BrClN2O2S. The van der Waals surface area contributed by atoms with Crippen molar-refractivity contribution >= 4 is 48.9 Å². The molecule has 0 fully saturated rings. The Morgan fingerprint density at radius 3 is 2.32 bits per heavy atom. The Hall–Kier alpha value is -1.24. The number of benzene rings is 2. The van der Waals surface area contributed by atoms with Crippen molar-refractivity contribution in [1.29, 1.82) is 0 Å². The van der Waals surface area contributed by atoms with Crippen molar-refractivity contribution in [2.75, 3.05) is 10.5 Å². The molecule has 4 nitrogen and oxygen atoms in total. The van der Waals surface area contributed by atoms with E-state index in [2.05, 4.69) is 20.7 Å². The summed E-state index contributed by atoms with van der Waals surface area (Å²) in [5.74, 6) is 0. The van der Waals surface area contributed by atoms with Gasteiger partial charge >= 0.3 is 0 Å². The molecule has 2 aromatic carbocycles. The molecule has 0 spiro atoms. The van der Waals surface area contributed by atoms with Crippen LogP contribution in [0.2, 0.25) is 5.02 Å². The predicted molar refractivity (Wildman–Crippen MR) is 80.8 cm³/mol. The third kappa shape index (κ3) is 3.40. The van der Waals surface area contributed by atoms with Crippen LogP contribution < -0.4 is 10.5 Å². The van der Waals surface area contributed by atoms with Gasteiger partial charge < -0.3 is 5.73 Å². The summed E-state index contributed by atoms with van der Waals surface area (Å²) in [4.78, 5) is 0.156. The van der Waals surface area contributed by atoms with E-state index in [4.69, 9.17) is 17.3 Å². The van der Waals surface area contributed by atoms with Gasteiger partial charge in [-0.25, -0.2) is 8.42 Å². The Bertz CT molecular complexity index is 702. The summed E-state index contributed by atoms with van der Waals surface area (Å²) in [5, 5.41) is 0.251. The van der Waals surface area contributed by atoms with Crippen LogP contribution in [0.15, 0.2) is 51.8 Å². The van der Waals surface area contributed by atoms with Gasteiger partial charge in [0.25, 0.3) is 10.0 Å². The van der Waals surface area contributed by atoms with Crippen LogP contribution in [-0.2, 0) is 10.0 Å². The van der Waals surface area contributed by atoms with E-state index in [0.717, 1.165) is 4.47 Å². The third-order valence-electron chi connectivity index (χ3n) is 2.36. The van der Waals surface area contributed by atoms with Gasteiger partial charge in [0.05, 0.1) is 15.6 Å². The van der Waals surface area contributed by atoms with Crippen molar-refractivity contribution < 1.29 is 8.42 Å². The van der Waals surface area contributed by atoms with Crippen molar-refractivity contribution in [1.82, 2.24) is 0 Å². The minimum absolute atomic E-state index is 0.156. The van der Waals surface area contributed by atoms with Gasteiger partial charge in [0.15, 0.2) is 0 Å². The second-order valence-corrected chi connectivity index (χ2v) is 6.80. The van der Waals surface area contributed by atoms with Crippen LogP contribution in [0.1, 0.15) is 0 Å². The molecule has 2 rings (SSSR count). The van der Waals surface area contributed by atoms with E-state index >= 15 is 0 Å². The van der Waals surface area contributed by atoms with Crippen LogP contribution in [0.25, 0.3) is 0 Å². The molecule has 0 aromatic heterocycles. The fourth-order valence-corrected chi connectivity index (χ4v) is 3.07. The SMILES string of the molecule is Nc1ccc(NS(=O)(=O)c2ccc(Br)cc2)c(Cl)c1. The normalized spacial score (nSPS) is 11.3. The summed E-state index contributed by atoms with van der Waals surface area (Å²) in [6, 6.07) is 10.9. The van der Waals surface area contributed by atoms with E-state index in [1.54, 1.807) is 18.2 Å². The average Bonchev–Trinajstić information content (AvgIpc) is 2.33. The van der Waals surface area contributed by atoms with Gasteiger partial charge in [0.2, 0.25) is 0 Å². The predicted octanol–water partition coefficient (Wildman–Crippen LogP) is 3.49. The lowest BCUT2D eigenvalue weighted by Crippen LogP contribution is -2.13. The standard InChI is InChI=1S/C12H10BrClN2O2S/c13-8-1-4-10(5-2-8)19(17,18)16-12-6-3-9(15)7-11(12)14/h1-7,16H,15H2. The number of nitrogen functional groups attached to an aromatic ring is 1. The summed E-state index contributed by atoms with van der Waals surface area (Å²) in [6.07, 6.45) is 0. The van der Waals surface area contributed by atoms with Crippen LogP contribution in [0.3, 0.4) is 0 Å². The largest absolute Gasteiger partial charge is 0.399 e. The second kappa shape index (κ2) is 5.40. The van der Waals surface area contributed by atoms with Crippen LogP contribution in [0.4, 0.5) is 11.4 Å². The highest BCUT2D eigenvalue weighted by molar-refractivity contribution is 9.10. The van der Waals surface area contributed by atoms with E-state index in [0.29, 0.717) is 11.4 Å². The first-order valence-corrected chi connectivity index (χ1v) is 7.87. The number of nitrogens with one attached hydrogen (secondary N) is 1. The fourth-order valence-electron chi connectivity index (χ4n) is 1.43. The maximum Gasteiger partial charge on any atom is 0.261 e. The number of hydrogen-bond donors (Lipinski definition) is 2. The summed E-state index contributed by atoms with van der Waals surface area (Å²) in [5.41, 5.74) is 6.31.